The van der Waals surface area contributed by atoms with E-state index in [1.807, 2.05) is 0 Å². The van der Waals surface area contributed by atoms with Gasteiger partial charge in [0.15, 0.2) is 0 Å². The van der Waals surface area contributed by atoms with Gasteiger partial charge in [0, 0.05) is 12.0 Å². The van der Waals surface area contributed by atoms with E-state index in [2.05, 4.69) is 5.32 Å². The lowest BCUT2D eigenvalue weighted by Crippen LogP contribution is -2.53. The van der Waals surface area contributed by atoms with Crippen LogP contribution in [0.4, 0.5) is 13.2 Å². The Labute approximate surface area is 122 Å². The molecule has 0 amide bonds. The highest BCUT2D eigenvalue weighted by Gasteiger charge is 2.47. The quantitative estimate of drug-likeness (QED) is 0.829. The van der Waals surface area contributed by atoms with E-state index in [1.54, 1.807) is 12.1 Å². The molecule has 2 N–H and O–H groups in total. The largest absolute Gasteiger partial charge is 0.416 e. The Morgan fingerprint density at radius 2 is 1.90 bits per heavy atom. The maximum atomic E-state index is 13.2. The van der Waals surface area contributed by atoms with Gasteiger partial charge in [-0.1, -0.05) is 31.0 Å². The maximum Gasteiger partial charge on any atom is 0.416 e. The summed E-state index contributed by atoms with van der Waals surface area (Å²) in [5, 5.41) is 14.0. The first-order chi connectivity index (χ1) is 9.92. The number of fused-ring (bicyclic) bond motifs is 1. The van der Waals surface area contributed by atoms with Crippen molar-refractivity contribution in [2.75, 3.05) is 6.54 Å². The van der Waals surface area contributed by atoms with Gasteiger partial charge in [-0.15, -0.1) is 0 Å². The van der Waals surface area contributed by atoms with Gasteiger partial charge in [-0.25, -0.2) is 0 Å². The monoisotopic (exact) mass is 299 g/mol. The molecular formula is C16H20F3NO. The second-order valence-corrected chi connectivity index (χ2v) is 6.22. The second kappa shape index (κ2) is 5.29. The van der Waals surface area contributed by atoms with E-state index in [1.165, 1.54) is 6.07 Å². The van der Waals surface area contributed by atoms with Crippen molar-refractivity contribution in [1.82, 2.24) is 5.32 Å². The topological polar surface area (TPSA) is 32.3 Å². The van der Waals surface area contributed by atoms with Crippen LogP contribution in [0.5, 0.6) is 0 Å². The molecule has 2 nitrogen and oxygen atoms in total. The molecule has 1 aliphatic carbocycles. The second-order valence-electron chi connectivity index (χ2n) is 6.22. The van der Waals surface area contributed by atoms with Crippen molar-refractivity contribution in [1.29, 1.82) is 0 Å². The first-order valence-corrected chi connectivity index (χ1v) is 7.54. The van der Waals surface area contributed by atoms with Crippen molar-refractivity contribution in [3.8, 4) is 0 Å². The lowest BCUT2D eigenvalue weighted by molar-refractivity contribution is -0.140. The number of alkyl halides is 3. The average Bonchev–Trinajstić information content (AvgIpc) is 2.45. The lowest BCUT2D eigenvalue weighted by Gasteiger charge is -2.48. The lowest BCUT2D eigenvalue weighted by atomic mass is 9.66. The summed E-state index contributed by atoms with van der Waals surface area (Å²) in [5.74, 6) is -0.136. The molecule has 1 heterocycles. The number of halogens is 3. The van der Waals surface area contributed by atoms with Crippen LogP contribution in [0.1, 0.15) is 49.3 Å². The Hall–Kier alpha value is -1.07. The molecule has 21 heavy (non-hydrogen) atoms. The van der Waals surface area contributed by atoms with Crippen molar-refractivity contribution in [2.24, 2.45) is 5.92 Å². The van der Waals surface area contributed by atoms with Crippen LogP contribution in [0.3, 0.4) is 0 Å². The highest BCUT2D eigenvalue weighted by molar-refractivity contribution is 5.34. The van der Waals surface area contributed by atoms with Crippen LogP contribution in [-0.4, -0.2) is 17.3 Å². The minimum atomic E-state index is -4.36. The zero-order valence-electron chi connectivity index (χ0n) is 11.8. The van der Waals surface area contributed by atoms with Gasteiger partial charge in [0.1, 0.15) is 0 Å². The molecule has 1 saturated heterocycles. The summed E-state index contributed by atoms with van der Waals surface area (Å²) in [7, 11) is 0. The molecule has 3 rings (SSSR count). The van der Waals surface area contributed by atoms with Crippen molar-refractivity contribution in [3.63, 3.8) is 0 Å². The highest BCUT2D eigenvalue weighted by Crippen LogP contribution is 2.47. The van der Waals surface area contributed by atoms with Crippen LogP contribution in [-0.2, 0) is 6.18 Å². The van der Waals surface area contributed by atoms with Gasteiger partial charge < -0.3 is 10.4 Å². The summed E-state index contributed by atoms with van der Waals surface area (Å²) in [4.78, 5) is 0. The van der Waals surface area contributed by atoms with E-state index in [-0.39, 0.29) is 11.5 Å². The fourth-order valence-corrected chi connectivity index (χ4v) is 3.98. The predicted molar refractivity (Wildman–Crippen MR) is 73.7 cm³/mol. The first kappa shape index (κ1) is 14.9. The summed E-state index contributed by atoms with van der Waals surface area (Å²) in [6.45, 7) is 0.559. The number of benzene rings is 1. The van der Waals surface area contributed by atoms with Crippen LogP contribution in [0.2, 0.25) is 0 Å². The number of rotatable bonds is 1. The van der Waals surface area contributed by atoms with E-state index >= 15 is 0 Å². The van der Waals surface area contributed by atoms with Crippen molar-refractivity contribution in [3.05, 3.63) is 35.4 Å². The fourth-order valence-electron chi connectivity index (χ4n) is 3.98. The Bertz CT molecular complexity index is 512. The van der Waals surface area contributed by atoms with Crippen molar-refractivity contribution < 1.29 is 18.3 Å². The number of piperidine rings is 1. The molecule has 1 saturated carbocycles. The van der Waals surface area contributed by atoms with E-state index in [9.17, 15) is 18.3 Å². The SMILES string of the molecule is OC12CCCCC1C(c1ccccc1C(F)(F)F)NCC2. The van der Waals surface area contributed by atoms with Gasteiger partial charge in [0.2, 0.25) is 0 Å². The molecule has 116 valence electrons. The third-order valence-corrected chi connectivity index (χ3v) is 4.99. The molecule has 1 aromatic rings. The van der Waals surface area contributed by atoms with Crippen LogP contribution >= 0.6 is 0 Å². The highest BCUT2D eigenvalue weighted by atomic mass is 19.4. The van der Waals surface area contributed by atoms with Gasteiger partial charge in [-0.3, -0.25) is 0 Å². The Morgan fingerprint density at radius 3 is 2.67 bits per heavy atom. The number of aliphatic hydroxyl groups is 1. The smallest absolute Gasteiger partial charge is 0.389 e. The molecular weight excluding hydrogens is 279 g/mol. The number of nitrogens with one attached hydrogen (secondary N) is 1. The molecule has 1 aromatic carbocycles. The van der Waals surface area contributed by atoms with E-state index in [0.717, 1.165) is 25.3 Å². The molecule has 2 aliphatic rings. The van der Waals surface area contributed by atoms with E-state index in [4.69, 9.17) is 0 Å². The normalized spacial score (nSPS) is 33.5. The molecule has 0 radical (unpaired) electrons. The summed E-state index contributed by atoms with van der Waals surface area (Å²) in [6, 6.07) is 5.32. The van der Waals surface area contributed by atoms with Gasteiger partial charge in [-0.2, -0.15) is 13.2 Å². The van der Waals surface area contributed by atoms with Gasteiger partial charge >= 0.3 is 6.18 Å². The predicted octanol–water partition coefficient (Wildman–Crippen LogP) is 3.66. The van der Waals surface area contributed by atoms with E-state index < -0.39 is 23.4 Å². The summed E-state index contributed by atoms with van der Waals surface area (Å²) < 4.78 is 39.7. The minimum Gasteiger partial charge on any atom is -0.389 e. The molecule has 3 atom stereocenters. The Morgan fingerprint density at radius 1 is 1.14 bits per heavy atom. The Kier molecular flexibility index (Phi) is 3.74. The van der Waals surface area contributed by atoms with Crippen molar-refractivity contribution >= 4 is 0 Å². The maximum absolute atomic E-state index is 13.2. The van der Waals surface area contributed by atoms with Gasteiger partial charge in [-0.05, 0) is 37.4 Å². The molecule has 0 bridgehead atoms. The molecule has 3 unspecified atom stereocenters. The molecule has 2 fully saturated rings. The third-order valence-electron chi connectivity index (χ3n) is 4.99. The summed E-state index contributed by atoms with van der Waals surface area (Å²) >= 11 is 0. The van der Waals surface area contributed by atoms with Crippen LogP contribution in [0.25, 0.3) is 0 Å². The van der Waals surface area contributed by atoms with Crippen LogP contribution in [0, 0.1) is 5.92 Å². The molecule has 1 aliphatic heterocycles. The molecule has 0 aromatic heterocycles. The minimum absolute atomic E-state index is 0.136. The number of hydrogen-bond acceptors (Lipinski definition) is 2. The standard InChI is InChI=1S/C16H20F3NO/c17-16(18,19)12-6-2-1-5-11(12)14-13-7-3-4-8-15(13,21)9-10-20-14/h1-2,5-6,13-14,20-21H,3-4,7-10H2. The zero-order valence-corrected chi connectivity index (χ0v) is 11.8. The van der Waals surface area contributed by atoms with Gasteiger partial charge in [0.25, 0.3) is 0 Å². The Balaban J connectivity index is 2.00. The number of hydrogen-bond donors (Lipinski definition) is 2. The van der Waals surface area contributed by atoms with Crippen LogP contribution < -0.4 is 5.32 Å². The zero-order chi connectivity index (χ0) is 15.1. The first-order valence-electron chi connectivity index (χ1n) is 7.54. The summed E-state index contributed by atoms with van der Waals surface area (Å²) in [5.41, 5.74) is -1.13. The average molecular weight is 299 g/mol. The van der Waals surface area contributed by atoms with E-state index in [0.29, 0.717) is 19.4 Å². The summed E-state index contributed by atoms with van der Waals surface area (Å²) in [6.07, 6.45) is -0.324. The molecule has 0 spiro atoms. The fraction of sp³-hybridized carbons (Fsp3) is 0.625. The van der Waals surface area contributed by atoms with Crippen LogP contribution in [0.15, 0.2) is 24.3 Å². The van der Waals surface area contributed by atoms with Crippen molar-refractivity contribution in [2.45, 2.75) is 49.9 Å². The van der Waals surface area contributed by atoms with Gasteiger partial charge in [0.05, 0.1) is 11.2 Å². The molecule has 5 heteroatoms. The third kappa shape index (κ3) is 2.69.